The molecule has 2 rings (SSSR count). The van der Waals surface area contributed by atoms with Crippen molar-refractivity contribution in [2.24, 2.45) is 0 Å². The van der Waals surface area contributed by atoms with E-state index in [0.29, 0.717) is 19.8 Å². The molecule has 4 nitrogen and oxygen atoms in total. The molecule has 0 spiro atoms. The zero-order valence-corrected chi connectivity index (χ0v) is 8.99. The van der Waals surface area contributed by atoms with E-state index in [-0.39, 0.29) is 6.10 Å². The first-order valence-corrected chi connectivity index (χ1v) is 5.30. The van der Waals surface area contributed by atoms with E-state index in [1.54, 1.807) is 0 Å². The summed E-state index contributed by atoms with van der Waals surface area (Å²) in [5.41, 5.74) is 0. The Kier molecular flexibility index (Phi) is 3.77. The molecule has 84 valence electrons. The summed E-state index contributed by atoms with van der Waals surface area (Å²) in [4.78, 5) is 0. The molecule has 1 aromatic heterocycles. The van der Waals surface area contributed by atoms with Crippen LogP contribution < -0.4 is 5.32 Å². The lowest BCUT2D eigenvalue weighted by atomic mass is 10.3. The standard InChI is InChI=1S/C11H17NO3/c1-9-2-3-10(15-9)6-12-7-11-8-13-4-5-14-11/h2-3,11-12H,4-8H2,1H3. The first kappa shape index (κ1) is 10.7. The minimum absolute atomic E-state index is 0.176. The van der Waals surface area contributed by atoms with Crippen molar-refractivity contribution in [2.45, 2.75) is 19.6 Å². The van der Waals surface area contributed by atoms with Gasteiger partial charge in [-0.15, -0.1) is 0 Å². The van der Waals surface area contributed by atoms with Crippen LogP contribution in [-0.2, 0) is 16.0 Å². The molecule has 1 fully saturated rings. The Balaban J connectivity index is 1.65. The molecule has 1 saturated heterocycles. The fraction of sp³-hybridized carbons (Fsp3) is 0.636. The van der Waals surface area contributed by atoms with Gasteiger partial charge in [0.05, 0.1) is 32.5 Å². The monoisotopic (exact) mass is 211 g/mol. The van der Waals surface area contributed by atoms with E-state index in [1.165, 1.54) is 0 Å². The third-order valence-corrected chi connectivity index (χ3v) is 2.35. The van der Waals surface area contributed by atoms with Crippen molar-refractivity contribution in [2.75, 3.05) is 26.4 Å². The quantitative estimate of drug-likeness (QED) is 0.809. The minimum Gasteiger partial charge on any atom is -0.465 e. The smallest absolute Gasteiger partial charge is 0.117 e. The summed E-state index contributed by atoms with van der Waals surface area (Å²) in [6.45, 7) is 5.60. The van der Waals surface area contributed by atoms with Gasteiger partial charge in [0.2, 0.25) is 0 Å². The molecule has 2 heterocycles. The average Bonchev–Trinajstić information content (AvgIpc) is 2.66. The molecule has 0 saturated carbocycles. The number of aryl methyl sites for hydroxylation is 1. The molecule has 0 aliphatic carbocycles. The topological polar surface area (TPSA) is 43.6 Å². The van der Waals surface area contributed by atoms with Gasteiger partial charge >= 0.3 is 0 Å². The van der Waals surface area contributed by atoms with Gasteiger partial charge in [-0.3, -0.25) is 0 Å². The van der Waals surface area contributed by atoms with Crippen LogP contribution in [0.5, 0.6) is 0 Å². The summed E-state index contributed by atoms with van der Waals surface area (Å²) in [7, 11) is 0. The highest BCUT2D eigenvalue weighted by molar-refractivity contribution is 5.05. The van der Waals surface area contributed by atoms with E-state index in [4.69, 9.17) is 13.9 Å². The molecule has 1 aliphatic heterocycles. The molecule has 0 radical (unpaired) electrons. The summed E-state index contributed by atoms with van der Waals surface area (Å²) >= 11 is 0. The van der Waals surface area contributed by atoms with Crippen LogP contribution in [-0.4, -0.2) is 32.5 Å². The van der Waals surface area contributed by atoms with Crippen molar-refractivity contribution < 1.29 is 13.9 Å². The first-order chi connectivity index (χ1) is 7.34. The molecular formula is C11H17NO3. The SMILES string of the molecule is Cc1ccc(CNCC2COCCO2)o1. The van der Waals surface area contributed by atoms with E-state index in [2.05, 4.69) is 5.32 Å². The van der Waals surface area contributed by atoms with Crippen molar-refractivity contribution in [3.05, 3.63) is 23.7 Å². The highest BCUT2D eigenvalue weighted by Gasteiger charge is 2.13. The Morgan fingerprint density at radius 3 is 3.00 bits per heavy atom. The predicted octanol–water partition coefficient (Wildman–Crippen LogP) is 1.09. The van der Waals surface area contributed by atoms with Crippen molar-refractivity contribution >= 4 is 0 Å². The molecule has 1 atom stereocenters. The molecule has 1 unspecified atom stereocenters. The van der Waals surface area contributed by atoms with Gasteiger partial charge in [-0.1, -0.05) is 0 Å². The number of hydrogen-bond acceptors (Lipinski definition) is 4. The number of furan rings is 1. The molecule has 1 aromatic rings. The second kappa shape index (κ2) is 5.30. The van der Waals surface area contributed by atoms with Crippen LogP contribution in [0.25, 0.3) is 0 Å². The maximum Gasteiger partial charge on any atom is 0.117 e. The van der Waals surface area contributed by atoms with Gasteiger partial charge in [-0.2, -0.15) is 0 Å². The van der Waals surface area contributed by atoms with Gasteiger partial charge in [-0.25, -0.2) is 0 Å². The van der Waals surface area contributed by atoms with E-state index in [9.17, 15) is 0 Å². The second-order valence-electron chi connectivity index (χ2n) is 3.71. The molecule has 4 heteroatoms. The summed E-state index contributed by atoms with van der Waals surface area (Å²) in [5, 5.41) is 3.29. The van der Waals surface area contributed by atoms with Crippen LogP contribution in [0.2, 0.25) is 0 Å². The van der Waals surface area contributed by atoms with Gasteiger partial charge in [0.15, 0.2) is 0 Å². The summed E-state index contributed by atoms with van der Waals surface area (Å²) in [6.07, 6.45) is 0.176. The predicted molar refractivity (Wildman–Crippen MR) is 55.7 cm³/mol. The van der Waals surface area contributed by atoms with Crippen LogP contribution in [0, 0.1) is 6.92 Å². The summed E-state index contributed by atoms with van der Waals surface area (Å²) < 4.78 is 16.2. The Labute approximate surface area is 89.6 Å². The van der Waals surface area contributed by atoms with Gasteiger partial charge in [0.1, 0.15) is 11.5 Å². The Hall–Kier alpha value is -0.840. The van der Waals surface area contributed by atoms with E-state index in [0.717, 1.165) is 24.6 Å². The van der Waals surface area contributed by atoms with E-state index >= 15 is 0 Å². The highest BCUT2D eigenvalue weighted by Crippen LogP contribution is 2.06. The van der Waals surface area contributed by atoms with Crippen molar-refractivity contribution in [3.8, 4) is 0 Å². The van der Waals surface area contributed by atoms with Gasteiger partial charge in [0.25, 0.3) is 0 Å². The maximum atomic E-state index is 5.50. The summed E-state index contributed by atoms with van der Waals surface area (Å²) in [6, 6.07) is 3.96. The molecule has 0 aromatic carbocycles. The zero-order chi connectivity index (χ0) is 10.5. The van der Waals surface area contributed by atoms with E-state index < -0.39 is 0 Å². The molecule has 15 heavy (non-hydrogen) atoms. The number of rotatable bonds is 4. The van der Waals surface area contributed by atoms with Gasteiger partial charge in [-0.05, 0) is 19.1 Å². The lowest BCUT2D eigenvalue weighted by molar-refractivity contribution is -0.0865. The third-order valence-electron chi connectivity index (χ3n) is 2.35. The normalized spacial score (nSPS) is 21.8. The number of hydrogen-bond donors (Lipinski definition) is 1. The maximum absolute atomic E-state index is 5.50. The second-order valence-corrected chi connectivity index (χ2v) is 3.71. The Bertz CT molecular complexity index is 292. The van der Waals surface area contributed by atoms with Crippen LogP contribution >= 0.6 is 0 Å². The minimum atomic E-state index is 0.176. The molecule has 1 N–H and O–H groups in total. The lowest BCUT2D eigenvalue weighted by Gasteiger charge is -2.22. The number of nitrogens with one attached hydrogen (secondary N) is 1. The molecule has 0 amide bonds. The van der Waals surface area contributed by atoms with Crippen LogP contribution in [0.3, 0.4) is 0 Å². The van der Waals surface area contributed by atoms with Gasteiger partial charge in [0, 0.05) is 6.54 Å². The Morgan fingerprint density at radius 1 is 1.40 bits per heavy atom. The largest absolute Gasteiger partial charge is 0.465 e. The fourth-order valence-corrected chi connectivity index (χ4v) is 1.59. The van der Waals surface area contributed by atoms with Crippen LogP contribution in [0.1, 0.15) is 11.5 Å². The zero-order valence-electron chi connectivity index (χ0n) is 8.99. The highest BCUT2D eigenvalue weighted by atomic mass is 16.6. The average molecular weight is 211 g/mol. The first-order valence-electron chi connectivity index (χ1n) is 5.30. The van der Waals surface area contributed by atoms with Crippen molar-refractivity contribution in [1.82, 2.24) is 5.32 Å². The molecule has 1 aliphatic rings. The van der Waals surface area contributed by atoms with Crippen LogP contribution in [0.15, 0.2) is 16.5 Å². The Morgan fingerprint density at radius 2 is 2.33 bits per heavy atom. The van der Waals surface area contributed by atoms with Crippen LogP contribution in [0.4, 0.5) is 0 Å². The summed E-state index contributed by atoms with van der Waals surface area (Å²) in [5.74, 6) is 1.91. The van der Waals surface area contributed by atoms with Gasteiger partial charge < -0.3 is 19.2 Å². The molecule has 0 bridgehead atoms. The lowest BCUT2D eigenvalue weighted by Crippen LogP contribution is -2.37. The van der Waals surface area contributed by atoms with Crippen molar-refractivity contribution in [3.63, 3.8) is 0 Å². The van der Waals surface area contributed by atoms with Crippen molar-refractivity contribution in [1.29, 1.82) is 0 Å². The third kappa shape index (κ3) is 3.34. The molecular weight excluding hydrogens is 194 g/mol. The van der Waals surface area contributed by atoms with E-state index in [1.807, 2.05) is 19.1 Å². The fourth-order valence-electron chi connectivity index (χ4n) is 1.59. The number of ether oxygens (including phenoxy) is 2.